The van der Waals surface area contributed by atoms with Gasteiger partial charge in [-0.2, -0.15) is 0 Å². The minimum atomic E-state index is -0.522. The lowest BCUT2D eigenvalue weighted by Crippen LogP contribution is -2.19. The van der Waals surface area contributed by atoms with Gasteiger partial charge < -0.3 is 10.6 Å². The molecule has 4 rings (SSSR count). The zero-order valence-electron chi connectivity index (χ0n) is 15.1. The van der Waals surface area contributed by atoms with E-state index in [2.05, 4.69) is 27.7 Å². The van der Waals surface area contributed by atoms with E-state index in [1.54, 1.807) is 0 Å². The van der Waals surface area contributed by atoms with Crippen LogP contribution in [-0.4, -0.2) is 10.9 Å². The summed E-state index contributed by atoms with van der Waals surface area (Å²) in [4.78, 5) is 14.6. The maximum absolute atomic E-state index is 13.2. The van der Waals surface area contributed by atoms with Gasteiger partial charge in [0.2, 0.25) is 0 Å². The first-order valence-electron chi connectivity index (χ1n) is 8.98. The Morgan fingerprint density at radius 2 is 1.61 bits per heavy atom. The molecule has 4 nitrogen and oxygen atoms in total. The van der Waals surface area contributed by atoms with Crippen LogP contribution in [-0.2, 0) is 19.6 Å². The second-order valence-corrected chi connectivity index (χ2v) is 7.23. The van der Waals surface area contributed by atoms with Crippen LogP contribution in [0.1, 0.15) is 16.7 Å². The predicted octanol–water partition coefficient (Wildman–Crippen LogP) is 5.64. The Bertz CT molecular complexity index is 1010. The Balaban J connectivity index is 1.38. The molecule has 0 radical (unpaired) electrons. The number of carbonyl (C=O) groups excluding carboxylic acids is 1. The summed E-state index contributed by atoms with van der Waals surface area (Å²) in [7, 11) is 0. The molecule has 0 atom stereocenters. The summed E-state index contributed by atoms with van der Waals surface area (Å²) in [6.45, 7) is 2.63. The van der Waals surface area contributed by atoms with Crippen molar-refractivity contribution in [3.05, 3.63) is 94.3 Å². The lowest BCUT2D eigenvalue weighted by molar-refractivity contribution is 0.262. The molecule has 6 heteroatoms. The van der Waals surface area contributed by atoms with Crippen LogP contribution >= 0.6 is 11.6 Å². The second-order valence-electron chi connectivity index (χ2n) is 6.82. The SMILES string of the molecule is O=C(Nc1ccc(F)c(Cl)c1)Nc1ccc2c(c1)CN(Cc1ccccc1)C2. The lowest BCUT2D eigenvalue weighted by atomic mass is 10.1. The van der Waals surface area contributed by atoms with Crippen molar-refractivity contribution in [2.45, 2.75) is 19.6 Å². The zero-order chi connectivity index (χ0) is 19.5. The van der Waals surface area contributed by atoms with Crippen molar-refractivity contribution in [1.29, 1.82) is 0 Å². The first kappa shape index (κ1) is 18.5. The van der Waals surface area contributed by atoms with Crippen molar-refractivity contribution in [2.75, 3.05) is 10.6 Å². The predicted molar refractivity (Wildman–Crippen MR) is 110 cm³/mol. The summed E-state index contributed by atoms with van der Waals surface area (Å²) in [6, 6.07) is 20.0. The minimum Gasteiger partial charge on any atom is -0.308 e. The van der Waals surface area contributed by atoms with Crippen LogP contribution in [0.4, 0.5) is 20.6 Å². The Hall–Kier alpha value is -2.89. The van der Waals surface area contributed by atoms with E-state index in [-0.39, 0.29) is 5.02 Å². The normalized spacial score (nSPS) is 13.2. The molecule has 28 heavy (non-hydrogen) atoms. The zero-order valence-corrected chi connectivity index (χ0v) is 15.8. The van der Waals surface area contributed by atoms with Crippen molar-refractivity contribution in [1.82, 2.24) is 4.90 Å². The minimum absolute atomic E-state index is 0.0335. The van der Waals surface area contributed by atoms with Crippen LogP contribution in [0, 0.1) is 5.82 Å². The van der Waals surface area contributed by atoms with Crippen LogP contribution in [0.15, 0.2) is 66.7 Å². The van der Waals surface area contributed by atoms with Crippen LogP contribution in [0.3, 0.4) is 0 Å². The molecule has 0 saturated carbocycles. The number of urea groups is 1. The molecule has 1 aliphatic heterocycles. The third kappa shape index (κ3) is 4.32. The molecule has 142 valence electrons. The molecular weight excluding hydrogens is 377 g/mol. The molecule has 2 N–H and O–H groups in total. The number of carbonyl (C=O) groups is 1. The van der Waals surface area contributed by atoms with Gasteiger partial charge in [-0.1, -0.05) is 48.0 Å². The van der Waals surface area contributed by atoms with Crippen LogP contribution in [0.5, 0.6) is 0 Å². The van der Waals surface area contributed by atoms with Gasteiger partial charge in [0.05, 0.1) is 5.02 Å². The fraction of sp³-hybridized carbons (Fsp3) is 0.136. The third-order valence-electron chi connectivity index (χ3n) is 4.68. The molecule has 3 aromatic carbocycles. The first-order chi connectivity index (χ1) is 13.6. The Kier molecular flexibility index (Phi) is 5.28. The van der Waals surface area contributed by atoms with Crippen molar-refractivity contribution in [3.8, 4) is 0 Å². The van der Waals surface area contributed by atoms with Crippen molar-refractivity contribution in [2.24, 2.45) is 0 Å². The third-order valence-corrected chi connectivity index (χ3v) is 4.97. The first-order valence-corrected chi connectivity index (χ1v) is 9.36. The molecule has 1 heterocycles. The number of fused-ring (bicyclic) bond motifs is 1. The van der Waals surface area contributed by atoms with E-state index in [0.29, 0.717) is 11.4 Å². The van der Waals surface area contributed by atoms with Crippen LogP contribution < -0.4 is 10.6 Å². The quantitative estimate of drug-likeness (QED) is 0.600. The number of hydrogen-bond acceptors (Lipinski definition) is 2. The van der Waals surface area contributed by atoms with E-state index in [1.807, 2.05) is 36.4 Å². The van der Waals surface area contributed by atoms with Crippen molar-refractivity contribution >= 4 is 29.0 Å². The Morgan fingerprint density at radius 3 is 2.36 bits per heavy atom. The average molecular weight is 396 g/mol. The molecule has 1 aliphatic rings. The molecule has 0 saturated heterocycles. The summed E-state index contributed by atoms with van der Waals surface area (Å²) >= 11 is 5.74. The molecule has 0 fully saturated rings. The monoisotopic (exact) mass is 395 g/mol. The maximum atomic E-state index is 13.2. The van der Waals surface area contributed by atoms with E-state index in [1.165, 1.54) is 34.9 Å². The largest absolute Gasteiger partial charge is 0.323 e. The summed E-state index contributed by atoms with van der Waals surface area (Å²) in [5.41, 5.74) is 4.90. The number of rotatable bonds is 4. The number of halogens is 2. The number of anilines is 2. The second kappa shape index (κ2) is 8.00. The van der Waals surface area contributed by atoms with Gasteiger partial charge >= 0.3 is 6.03 Å². The van der Waals surface area contributed by atoms with Gasteiger partial charge in [0.1, 0.15) is 5.82 Å². The van der Waals surface area contributed by atoms with Crippen LogP contribution in [0.25, 0.3) is 0 Å². The number of hydrogen-bond donors (Lipinski definition) is 2. The van der Waals surface area contributed by atoms with Gasteiger partial charge in [0, 0.05) is 31.0 Å². The van der Waals surface area contributed by atoms with E-state index in [9.17, 15) is 9.18 Å². The van der Waals surface area contributed by atoms with Gasteiger partial charge in [0.15, 0.2) is 0 Å². The highest BCUT2D eigenvalue weighted by Gasteiger charge is 2.19. The molecule has 0 aromatic heterocycles. The van der Waals surface area contributed by atoms with E-state index >= 15 is 0 Å². The summed E-state index contributed by atoms with van der Waals surface area (Å²) in [5, 5.41) is 5.44. The van der Waals surface area contributed by atoms with Gasteiger partial charge in [-0.25, -0.2) is 9.18 Å². The highest BCUT2D eigenvalue weighted by molar-refractivity contribution is 6.31. The molecule has 2 amide bonds. The van der Waals surface area contributed by atoms with Crippen molar-refractivity contribution < 1.29 is 9.18 Å². The van der Waals surface area contributed by atoms with Gasteiger partial charge in [-0.05, 0) is 47.0 Å². The van der Waals surface area contributed by atoms with E-state index in [0.717, 1.165) is 19.6 Å². The number of nitrogens with one attached hydrogen (secondary N) is 2. The van der Waals surface area contributed by atoms with E-state index in [4.69, 9.17) is 11.6 Å². The molecule has 0 unspecified atom stereocenters. The summed E-state index contributed by atoms with van der Waals surface area (Å²) < 4.78 is 13.2. The summed E-state index contributed by atoms with van der Waals surface area (Å²) in [6.07, 6.45) is 0. The molecule has 0 spiro atoms. The molecule has 0 aliphatic carbocycles. The van der Waals surface area contributed by atoms with Gasteiger partial charge in [-0.15, -0.1) is 0 Å². The number of amides is 2. The maximum Gasteiger partial charge on any atom is 0.323 e. The fourth-order valence-corrected chi connectivity index (χ4v) is 3.54. The Morgan fingerprint density at radius 1 is 0.929 bits per heavy atom. The fourth-order valence-electron chi connectivity index (χ4n) is 3.36. The number of nitrogens with zero attached hydrogens (tertiary/aromatic N) is 1. The Labute approximate surface area is 167 Å². The molecular formula is C22H19ClFN3O. The highest BCUT2D eigenvalue weighted by Crippen LogP contribution is 2.27. The average Bonchev–Trinajstić information content (AvgIpc) is 3.07. The highest BCUT2D eigenvalue weighted by atomic mass is 35.5. The molecule has 3 aromatic rings. The van der Waals surface area contributed by atoms with E-state index < -0.39 is 11.8 Å². The summed E-state index contributed by atoms with van der Waals surface area (Å²) in [5.74, 6) is -0.522. The van der Waals surface area contributed by atoms with Gasteiger partial charge in [-0.3, -0.25) is 4.90 Å². The van der Waals surface area contributed by atoms with Crippen LogP contribution in [0.2, 0.25) is 5.02 Å². The van der Waals surface area contributed by atoms with Gasteiger partial charge in [0.25, 0.3) is 0 Å². The topological polar surface area (TPSA) is 44.4 Å². The number of benzene rings is 3. The standard InChI is InChI=1S/C22H19ClFN3O/c23-20-11-19(8-9-21(20)24)26-22(28)25-18-7-6-16-13-27(14-17(16)10-18)12-15-4-2-1-3-5-15/h1-11H,12-14H2,(H2,25,26,28). The molecule has 0 bridgehead atoms. The lowest BCUT2D eigenvalue weighted by Gasteiger charge is -2.14. The smallest absolute Gasteiger partial charge is 0.308 e. The van der Waals surface area contributed by atoms with Crippen molar-refractivity contribution in [3.63, 3.8) is 0 Å².